The van der Waals surface area contributed by atoms with Crippen molar-refractivity contribution >= 4 is 0 Å². The summed E-state index contributed by atoms with van der Waals surface area (Å²) in [5.41, 5.74) is 1.35. The van der Waals surface area contributed by atoms with Crippen molar-refractivity contribution in [2.24, 2.45) is 16.7 Å². The minimum atomic E-state index is 0.593. The van der Waals surface area contributed by atoms with Gasteiger partial charge in [0, 0.05) is 6.04 Å². The molecule has 2 saturated carbocycles. The summed E-state index contributed by atoms with van der Waals surface area (Å²) in [4.78, 5) is 0. The van der Waals surface area contributed by atoms with E-state index < -0.39 is 0 Å². The first kappa shape index (κ1) is 10.1. The maximum Gasteiger partial charge on any atom is 0.0125 e. The molecule has 2 unspecified atom stereocenters. The van der Waals surface area contributed by atoms with E-state index in [1.54, 1.807) is 0 Å². The van der Waals surface area contributed by atoms with Gasteiger partial charge in [0.15, 0.2) is 0 Å². The molecule has 0 radical (unpaired) electrons. The minimum Gasteiger partial charge on any atom is -0.317 e. The normalized spacial score (nSPS) is 40.4. The molecule has 0 amide bonds. The molecule has 86 valence electrons. The summed E-state index contributed by atoms with van der Waals surface area (Å²) in [5.74, 6) is 0.996. The number of nitrogens with one attached hydrogen (secondary N) is 2. The second kappa shape index (κ2) is 3.21. The summed E-state index contributed by atoms with van der Waals surface area (Å²) in [6.45, 7) is 8.54. The van der Waals surface area contributed by atoms with Gasteiger partial charge in [-0.25, -0.2) is 0 Å². The first-order valence-corrected chi connectivity index (χ1v) is 6.57. The molecule has 1 saturated heterocycles. The highest BCUT2D eigenvalue weighted by Crippen LogP contribution is 2.58. The van der Waals surface area contributed by atoms with Gasteiger partial charge in [-0.2, -0.15) is 0 Å². The molecule has 3 rings (SSSR count). The van der Waals surface area contributed by atoms with Crippen LogP contribution in [0.25, 0.3) is 0 Å². The van der Waals surface area contributed by atoms with Crippen LogP contribution in [-0.2, 0) is 0 Å². The van der Waals surface area contributed by atoms with Crippen LogP contribution in [0.3, 0.4) is 0 Å². The number of piperidine rings is 1. The Morgan fingerprint density at radius 3 is 2.47 bits per heavy atom. The summed E-state index contributed by atoms with van der Waals surface area (Å²) >= 11 is 0. The Bertz CT molecular complexity index is 253. The van der Waals surface area contributed by atoms with Crippen molar-refractivity contribution in [2.45, 2.75) is 45.6 Å². The van der Waals surface area contributed by atoms with Crippen LogP contribution in [0.1, 0.15) is 39.5 Å². The van der Waals surface area contributed by atoms with Crippen LogP contribution in [0, 0.1) is 16.7 Å². The summed E-state index contributed by atoms with van der Waals surface area (Å²) in [6.07, 6.45) is 5.73. The quantitative estimate of drug-likeness (QED) is 0.738. The third kappa shape index (κ3) is 1.83. The van der Waals surface area contributed by atoms with Gasteiger partial charge >= 0.3 is 0 Å². The smallest absolute Gasteiger partial charge is 0.0125 e. The van der Waals surface area contributed by atoms with Gasteiger partial charge in [-0.15, -0.1) is 0 Å². The average Bonchev–Trinajstić information content (AvgIpc) is 3.03. The molecule has 2 N–H and O–H groups in total. The maximum atomic E-state index is 3.76. The first-order chi connectivity index (χ1) is 7.12. The fraction of sp³-hybridized carbons (Fsp3) is 1.00. The van der Waals surface area contributed by atoms with Crippen LogP contribution in [0.5, 0.6) is 0 Å². The highest BCUT2D eigenvalue weighted by Gasteiger charge is 2.54. The van der Waals surface area contributed by atoms with E-state index in [9.17, 15) is 0 Å². The van der Waals surface area contributed by atoms with Gasteiger partial charge in [-0.05, 0) is 62.1 Å². The zero-order chi connectivity index (χ0) is 10.5. The predicted molar refractivity (Wildman–Crippen MR) is 62.8 cm³/mol. The monoisotopic (exact) mass is 208 g/mol. The molecule has 0 bridgehead atoms. The van der Waals surface area contributed by atoms with Crippen LogP contribution in [0.2, 0.25) is 0 Å². The van der Waals surface area contributed by atoms with Crippen molar-refractivity contribution < 1.29 is 0 Å². The van der Waals surface area contributed by atoms with Crippen LogP contribution in [0.15, 0.2) is 0 Å². The minimum absolute atomic E-state index is 0.593. The molecule has 0 aromatic rings. The van der Waals surface area contributed by atoms with Crippen molar-refractivity contribution in [1.29, 1.82) is 0 Å². The van der Waals surface area contributed by atoms with Crippen LogP contribution < -0.4 is 10.6 Å². The van der Waals surface area contributed by atoms with E-state index >= 15 is 0 Å². The van der Waals surface area contributed by atoms with E-state index in [4.69, 9.17) is 0 Å². The summed E-state index contributed by atoms with van der Waals surface area (Å²) in [6, 6.07) is 0.817. The van der Waals surface area contributed by atoms with Crippen molar-refractivity contribution in [3.05, 3.63) is 0 Å². The topological polar surface area (TPSA) is 24.1 Å². The molecule has 3 fully saturated rings. The molecule has 3 aliphatic rings. The molecule has 1 spiro atoms. The molecule has 1 aliphatic heterocycles. The predicted octanol–water partition coefficient (Wildman–Crippen LogP) is 1.76. The molecule has 0 aromatic carbocycles. The number of hydrogen-bond donors (Lipinski definition) is 2. The average molecular weight is 208 g/mol. The van der Waals surface area contributed by atoms with Crippen LogP contribution >= 0.6 is 0 Å². The van der Waals surface area contributed by atoms with Gasteiger partial charge in [0.05, 0.1) is 0 Å². The van der Waals surface area contributed by atoms with Gasteiger partial charge in [0.25, 0.3) is 0 Å². The van der Waals surface area contributed by atoms with Crippen molar-refractivity contribution in [2.75, 3.05) is 19.6 Å². The number of rotatable bonds is 3. The molecule has 15 heavy (non-hydrogen) atoms. The molecule has 2 aliphatic carbocycles. The first-order valence-electron chi connectivity index (χ1n) is 6.57. The Balaban J connectivity index is 1.43. The zero-order valence-corrected chi connectivity index (χ0v) is 10.1. The van der Waals surface area contributed by atoms with E-state index in [0.29, 0.717) is 5.41 Å². The van der Waals surface area contributed by atoms with Crippen LogP contribution in [-0.4, -0.2) is 25.7 Å². The zero-order valence-electron chi connectivity index (χ0n) is 10.1. The van der Waals surface area contributed by atoms with Gasteiger partial charge in [0.2, 0.25) is 0 Å². The van der Waals surface area contributed by atoms with E-state index in [1.807, 2.05) is 0 Å². The van der Waals surface area contributed by atoms with Gasteiger partial charge in [0.1, 0.15) is 0 Å². The van der Waals surface area contributed by atoms with E-state index in [-0.39, 0.29) is 0 Å². The lowest BCUT2D eigenvalue weighted by atomic mass is 9.92. The fourth-order valence-corrected chi connectivity index (χ4v) is 3.36. The van der Waals surface area contributed by atoms with Crippen molar-refractivity contribution in [3.8, 4) is 0 Å². The molecular formula is C13H24N2. The Morgan fingerprint density at radius 1 is 1.20 bits per heavy atom. The fourth-order valence-electron chi connectivity index (χ4n) is 3.36. The molecular weight excluding hydrogens is 184 g/mol. The molecule has 1 heterocycles. The summed E-state index contributed by atoms with van der Waals surface area (Å²) in [5, 5.41) is 7.23. The lowest BCUT2D eigenvalue weighted by Crippen LogP contribution is -2.32. The summed E-state index contributed by atoms with van der Waals surface area (Å²) in [7, 11) is 0. The SMILES string of the molecule is CC1(C)CC1NCC1CC12CCNCC2. The van der Waals surface area contributed by atoms with E-state index in [2.05, 4.69) is 24.5 Å². The molecule has 2 atom stereocenters. The lowest BCUT2D eigenvalue weighted by Gasteiger charge is -2.23. The Morgan fingerprint density at radius 2 is 1.87 bits per heavy atom. The third-order valence-corrected chi connectivity index (χ3v) is 5.08. The standard InChI is InChI=1S/C13H24N2/c1-12(2)8-11(12)15-9-10-7-13(10)3-5-14-6-4-13/h10-11,14-15H,3-9H2,1-2H3. The molecule has 0 aromatic heterocycles. The van der Waals surface area contributed by atoms with Gasteiger partial charge in [-0.1, -0.05) is 13.8 Å². The van der Waals surface area contributed by atoms with Gasteiger partial charge < -0.3 is 10.6 Å². The van der Waals surface area contributed by atoms with Crippen molar-refractivity contribution in [1.82, 2.24) is 10.6 Å². The largest absolute Gasteiger partial charge is 0.317 e. The Hall–Kier alpha value is -0.0800. The van der Waals surface area contributed by atoms with E-state index in [0.717, 1.165) is 17.4 Å². The second-order valence-electron chi connectivity index (χ2n) is 6.67. The van der Waals surface area contributed by atoms with E-state index in [1.165, 1.54) is 45.3 Å². The van der Waals surface area contributed by atoms with Crippen molar-refractivity contribution in [3.63, 3.8) is 0 Å². The van der Waals surface area contributed by atoms with Crippen LogP contribution in [0.4, 0.5) is 0 Å². The molecule has 2 nitrogen and oxygen atoms in total. The summed E-state index contributed by atoms with van der Waals surface area (Å²) < 4.78 is 0. The maximum absolute atomic E-state index is 3.76. The number of hydrogen-bond acceptors (Lipinski definition) is 2. The molecule has 2 heteroatoms. The Kier molecular flexibility index (Phi) is 2.16. The Labute approximate surface area is 93.2 Å². The third-order valence-electron chi connectivity index (χ3n) is 5.08. The highest BCUT2D eigenvalue weighted by atomic mass is 15.0. The lowest BCUT2D eigenvalue weighted by molar-refractivity contribution is 0.317. The van der Waals surface area contributed by atoms with Gasteiger partial charge in [-0.3, -0.25) is 0 Å². The second-order valence-corrected chi connectivity index (χ2v) is 6.67. The highest BCUT2D eigenvalue weighted by molar-refractivity contribution is 5.07.